The van der Waals surface area contributed by atoms with Crippen molar-refractivity contribution in [3.63, 3.8) is 0 Å². The molecule has 2 rings (SSSR count). The fourth-order valence-electron chi connectivity index (χ4n) is 2.46. The molecular weight excluding hydrogens is 256 g/mol. The molecule has 20 heavy (non-hydrogen) atoms. The molecule has 0 unspecified atom stereocenters. The highest BCUT2D eigenvalue weighted by Gasteiger charge is 2.35. The summed E-state index contributed by atoms with van der Waals surface area (Å²) in [5.41, 5.74) is 0.793. The highest BCUT2D eigenvalue weighted by atomic mass is 16.4. The monoisotopic (exact) mass is 274 g/mol. The minimum Gasteiger partial charge on any atom is -0.481 e. The van der Waals surface area contributed by atoms with E-state index >= 15 is 0 Å². The fourth-order valence-corrected chi connectivity index (χ4v) is 2.46. The summed E-state index contributed by atoms with van der Waals surface area (Å²) in [7, 11) is 1.69. The van der Waals surface area contributed by atoms with Crippen molar-refractivity contribution in [1.82, 2.24) is 9.88 Å². The van der Waals surface area contributed by atoms with Gasteiger partial charge in [0.2, 0.25) is 5.91 Å². The van der Waals surface area contributed by atoms with E-state index in [0.717, 1.165) is 5.69 Å². The Morgan fingerprint density at radius 1 is 1.30 bits per heavy atom. The first-order chi connectivity index (χ1) is 9.59. The summed E-state index contributed by atoms with van der Waals surface area (Å²) in [6.45, 7) is 0.395. The highest BCUT2D eigenvalue weighted by Crippen LogP contribution is 2.27. The molecule has 0 aromatic carbocycles. The normalized spacial score (nSPS) is 21.4. The number of hydrogen-bond acceptors (Lipinski definition) is 3. The van der Waals surface area contributed by atoms with Gasteiger partial charge in [0.25, 0.3) is 0 Å². The minimum absolute atomic E-state index is 0.132. The number of carboxylic acids is 1. The Balaban J connectivity index is 2.05. The Morgan fingerprint density at radius 2 is 2.00 bits per heavy atom. The van der Waals surface area contributed by atoms with Gasteiger partial charge in [-0.3, -0.25) is 14.6 Å². The maximum atomic E-state index is 12.4. The standard InChI is InChI=1S/C15H18N2O3/c1-17(10-11-6-4-5-9-16-11)14(18)12-7-2-3-8-13(12)15(19)20/h2-6,9,12-13H,7-8,10H2,1H3,(H,19,20)/t12-,13+/m1/s1. The van der Waals surface area contributed by atoms with Crippen molar-refractivity contribution in [1.29, 1.82) is 0 Å². The zero-order valence-corrected chi connectivity index (χ0v) is 11.4. The summed E-state index contributed by atoms with van der Waals surface area (Å²) in [6.07, 6.45) is 6.31. The van der Waals surface area contributed by atoms with Crippen LogP contribution in [0, 0.1) is 11.8 Å². The number of nitrogens with zero attached hydrogens (tertiary/aromatic N) is 2. The molecule has 1 aromatic heterocycles. The lowest BCUT2D eigenvalue weighted by Gasteiger charge is -2.28. The van der Waals surface area contributed by atoms with E-state index < -0.39 is 17.8 Å². The minimum atomic E-state index is -0.904. The summed E-state index contributed by atoms with van der Waals surface area (Å²) in [5.74, 6) is -2.14. The molecule has 1 aromatic rings. The lowest BCUT2D eigenvalue weighted by atomic mass is 9.82. The van der Waals surface area contributed by atoms with Gasteiger partial charge in [0.1, 0.15) is 0 Å². The molecule has 1 aliphatic carbocycles. The van der Waals surface area contributed by atoms with Crippen LogP contribution in [0.25, 0.3) is 0 Å². The third-order valence-corrected chi connectivity index (χ3v) is 3.57. The quantitative estimate of drug-likeness (QED) is 0.848. The number of carbonyl (C=O) groups excluding carboxylic acids is 1. The topological polar surface area (TPSA) is 70.5 Å². The number of carbonyl (C=O) groups is 2. The zero-order chi connectivity index (χ0) is 14.5. The van der Waals surface area contributed by atoms with Crippen molar-refractivity contribution >= 4 is 11.9 Å². The molecular formula is C15H18N2O3. The molecule has 1 amide bonds. The van der Waals surface area contributed by atoms with Crippen LogP contribution in [-0.4, -0.2) is 33.9 Å². The van der Waals surface area contributed by atoms with Crippen LogP contribution < -0.4 is 0 Å². The predicted octanol–water partition coefficient (Wildman–Crippen LogP) is 1.71. The molecule has 0 aliphatic heterocycles. The van der Waals surface area contributed by atoms with E-state index in [9.17, 15) is 14.7 Å². The largest absolute Gasteiger partial charge is 0.481 e. The lowest BCUT2D eigenvalue weighted by Crippen LogP contribution is -2.39. The molecule has 1 aliphatic rings. The average Bonchev–Trinajstić information content (AvgIpc) is 2.47. The summed E-state index contributed by atoms with van der Waals surface area (Å²) < 4.78 is 0. The van der Waals surface area contributed by atoms with Crippen molar-refractivity contribution in [2.45, 2.75) is 19.4 Å². The molecule has 106 valence electrons. The van der Waals surface area contributed by atoms with E-state index in [1.54, 1.807) is 18.1 Å². The zero-order valence-electron chi connectivity index (χ0n) is 11.4. The summed E-state index contributed by atoms with van der Waals surface area (Å²) in [5, 5.41) is 9.21. The average molecular weight is 274 g/mol. The van der Waals surface area contributed by atoms with Crippen molar-refractivity contribution in [2.24, 2.45) is 11.8 Å². The van der Waals surface area contributed by atoms with Crippen LogP contribution in [0.1, 0.15) is 18.5 Å². The summed E-state index contributed by atoms with van der Waals surface area (Å²) in [6, 6.07) is 5.53. The molecule has 1 heterocycles. The molecule has 5 nitrogen and oxygen atoms in total. The van der Waals surface area contributed by atoms with Crippen LogP contribution in [0.2, 0.25) is 0 Å². The number of amides is 1. The molecule has 5 heteroatoms. The van der Waals surface area contributed by atoms with Crippen LogP contribution in [0.3, 0.4) is 0 Å². The first-order valence-electron chi connectivity index (χ1n) is 6.62. The predicted molar refractivity (Wildman–Crippen MR) is 73.7 cm³/mol. The second-order valence-corrected chi connectivity index (χ2v) is 5.01. The van der Waals surface area contributed by atoms with E-state index in [1.807, 2.05) is 30.4 Å². The number of aliphatic carboxylic acids is 1. The van der Waals surface area contributed by atoms with E-state index in [1.165, 1.54) is 0 Å². The van der Waals surface area contributed by atoms with Gasteiger partial charge in [-0.25, -0.2) is 0 Å². The van der Waals surface area contributed by atoms with Gasteiger partial charge in [-0.1, -0.05) is 18.2 Å². The SMILES string of the molecule is CN(Cc1ccccn1)C(=O)[C@@H]1CC=CC[C@@H]1C(=O)O. The molecule has 0 saturated carbocycles. The Bertz CT molecular complexity index is 513. The number of allylic oxidation sites excluding steroid dienone is 2. The van der Waals surface area contributed by atoms with Crippen molar-refractivity contribution in [2.75, 3.05) is 7.05 Å². The van der Waals surface area contributed by atoms with E-state index in [-0.39, 0.29) is 5.91 Å². The molecule has 1 N–H and O–H groups in total. The maximum absolute atomic E-state index is 12.4. The maximum Gasteiger partial charge on any atom is 0.307 e. The molecule has 0 spiro atoms. The van der Waals surface area contributed by atoms with Crippen LogP contribution in [-0.2, 0) is 16.1 Å². The second kappa shape index (κ2) is 6.32. The van der Waals surface area contributed by atoms with Crippen molar-refractivity contribution < 1.29 is 14.7 Å². The lowest BCUT2D eigenvalue weighted by molar-refractivity contribution is -0.150. The Labute approximate surface area is 117 Å². The number of aromatic nitrogens is 1. The van der Waals surface area contributed by atoms with E-state index in [4.69, 9.17) is 0 Å². The van der Waals surface area contributed by atoms with Gasteiger partial charge in [-0.15, -0.1) is 0 Å². The highest BCUT2D eigenvalue weighted by molar-refractivity contribution is 5.85. The second-order valence-electron chi connectivity index (χ2n) is 5.01. The van der Waals surface area contributed by atoms with E-state index in [0.29, 0.717) is 19.4 Å². The number of rotatable bonds is 4. The van der Waals surface area contributed by atoms with Gasteiger partial charge in [-0.05, 0) is 25.0 Å². The third-order valence-electron chi connectivity index (χ3n) is 3.57. The first-order valence-corrected chi connectivity index (χ1v) is 6.62. The van der Waals surface area contributed by atoms with Gasteiger partial charge < -0.3 is 10.0 Å². The van der Waals surface area contributed by atoms with Crippen molar-refractivity contribution in [3.05, 3.63) is 42.2 Å². The molecule has 0 bridgehead atoms. The summed E-state index contributed by atoms with van der Waals surface area (Å²) in [4.78, 5) is 29.4. The number of pyridine rings is 1. The van der Waals surface area contributed by atoms with Gasteiger partial charge >= 0.3 is 5.97 Å². The smallest absolute Gasteiger partial charge is 0.307 e. The Morgan fingerprint density at radius 3 is 2.60 bits per heavy atom. The molecule has 2 atom stereocenters. The van der Waals surface area contributed by atoms with Gasteiger partial charge in [0.05, 0.1) is 24.1 Å². The number of hydrogen-bond donors (Lipinski definition) is 1. The Hall–Kier alpha value is -2.17. The van der Waals surface area contributed by atoms with Crippen LogP contribution in [0.4, 0.5) is 0 Å². The van der Waals surface area contributed by atoms with Crippen LogP contribution in [0.5, 0.6) is 0 Å². The van der Waals surface area contributed by atoms with Gasteiger partial charge in [0.15, 0.2) is 0 Å². The summed E-state index contributed by atoms with van der Waals surface area (Å²) >= 11 is 0. The van der Waals surface area contributed by atoms with Crippen molar-refractivity contribution in [3.8, 4) is 0 Å². The Kier molecular flexibility index (Phi) is 4.50. The van der Waals surface area contributed by atoms with Gasteiger partial charge in [-0.2, -0.15) is 0 Å². The number of carboxylic acid groups (broad SMARTS) is 1. The van der Waals surface area contributed by atoms with Gasteiger partial charge in [0, 0.05) is 13.2 Å². The molecule has 0 radical (unpaired) electrons. The molecule has 0 saturated heterocycles. The first kappa shape index (κ1) is 14.2. The third kappa shape index (κ3) is 3.23. The van der Waals surface area contributed by atoms with Crippen LogP contribution in [0.15, 0.2) is 36.5 Å². The molecule has 0 fully saturated rings. The fraction of sp³-hybridized carbons (Fsp3) is 0.400. The van der Waals surface area contributed by atoms with Crippen LogP contribution >= 0.6 is 0 Å². The van der Waals surface area contributed by atoms with E-state index in [2.05, 4.69) is 4.98 Å².